The van der Waals surface area contributed by atoms with E-state index in [0.29, 0.717) is 35.5 Å². The third-order valence-electron chi connectivity index (χ3n) is 4.65. The Bertz CT molecular complexity index is 1230. The molecule has 30 heavy (non-hydrogen) atoms. The monoisotopic (exact) mass is 410 g/mol. The van der Waals surface area contributed by atoms with Crippen LogP contribution in [0.25, 0.3) is 22.5 Å². The van der Waals surface area contributed by atoms with Crippen molar-refractivity contribution in [3.8, 4) is 11.4 Å². The van der Waals surface area contributed by atoms with Crippen LogP contribution in [0.3, 0.4) is 0 Å². The Morgan fingerprint density at radius 2 is 1.97 bits per heavy atom. The van der Waals surface area contributed by atoms with E-state index in [4.69, 9.17) is 8.94 Å². The minimum Gasteiger partial charge on any atom is -0.408 e. The maximum absolute atomic E-state index is 13.0. The molecule has 0 aliphatic heterocycles. The highest BCUT2D eigenvalue weighted by atomic mass is 19.1. The second kappa shape index (κ2) is 8.32. The number of carbonyl (C=O) groups is 1. The summed E-state index contributed by atoms with van der Waals surface area (Å²) in [5, 5.41) is 6.67. The van der Waals surface area contributed by atoms with Crippen LogP contribution in [0, 0.1) is 5.82 Å². The van der Waals surface area contributed by atoms with Gasteiger partial charge in [-0.25, -0.2) is 9.18 Å². The fourth-order valence-corrected chi connectivity index (χ4v) is 3.13. The van der Waals surface area contributed by atoms with Crippen molar-refractivity contribution in [2.75, 3.05) is 0 Å². The molecule has 2 aromatic carbocycles. The van der Waals surface area contributed by atoms with Gasteiger partial charge in [0.15, 0.2) is 5.58 Å². The summed E-state index contributed by atoms with van der Waals surface area (Å²) in [5.41, 5.74) is 1.84. The second-order valence-corrected chi connectivity index (χ2v) is 6.84. The molecule has 1 amide bonds. The lowest BCUT2D eigenvalue weighted by Gasteiger charge is -2.09. The number of carbonyl (C=O) groups excluding carboxylic acids is 1. The van der Waals surface area contributed by atoms with Crippen molar-refractivity contribution in [3.05, 3.63) is 70.8 Å². The molecule has 1 atom stereocenters. The minimum atomic E-state index is -0.489. The van der Waals surface area contributed by atoms with Crippen molar-refractivity contribution in [1.29, 1.82) is 0 Å². The maximum atomic E-state index is 13.0. The van der Waals surface area contributed by atoms with Crippen LogP contribution in [0.4, 0.5) is 4.39 Å². The summed E-state index contributed by atoms with van der Waals surface area (Å²) in [5.74, 6) is -0.431. The standard InChI is InChI=1S/C21H19FN4O4/c1-13(20-24-19(25-30-20)14-8-10-15(22)11-9-14)23-18(27)7-4-12-26-16-5-2-3-6-17(16)29-21(26)28/h2-3,5-6,8-11,13H,4,7,12H2,1H3,(H,23,27). The molecule has 2 aromatic heterocycles. The third-order valence-corrected chi connectivity index (χ3v) is 4.65. The zero-order valence-electron chi connectivity index (χ0n) is 16.2. The average Bonchev–Trinajstić information content (AvgIpc) is 3.34. The zero-order chi connectivity index (χ0) is 21.1. The molecule has 0 bridgehead atoms. The van der Waals surface area contributed by atoms with Crippen LogP contribution >= 0.6 is 0 Å². The molecule has 1 unspecified atom stereocenters. The van der Waals surface area contributed by atoms with E-state index in [2.05, 4.69) is 15.5 Å². The Morgan fingerprint density at radius 1 is 1.20 bits per heavy atom. The maximum Gasteiger partial charge on any atom is 0.419 e. The van der Waals surface area contributed by atoms with Gasteiger partial charge in [-0.05, 0) is 49.7 Å². The molecule has 0 fully saturated rings. The Morgan fingerprint density at radius 3 is 2.77 bits per heavy atom. The first-order chi connectivity index (χ1) is 14.5. The van der Waals surface area contributed by atoms with Gasteiger partial charge in [0, 0.05) is 18.5 Å². The van der Waals surface area contributed by atoms with E-state index in [1.165, 1.54) is 16.7 Å². The lowest BCUT2D eigenvalue weighted by atomic mass is 10.2. The summed E-state index contributed by atoms with van der Waals surface area (Å²) >= 11 is 0. The Labute approximate surface area is 170 Å². The molecular weight excluding hydrogens is 391 g/mol. The first-order valence-electron chi connectivity index (χ1n) is 9.48. The van der Waals surface area contributed by atoms with Crippen molar-refractivity contribution < 1.29 is 18.1 Å². The Hall–Kier alpha value is -3.75. The normalized spacial score (nSPS) is 12.2. The summed E-state index contributed by atoms with van der Waals surface area (Å²) in [4.78, 5) is 28.5. The van der Waals surface area contributed by atoms with Crippen LogP contribution < -0.4 is 11.1 Å². The number of halogens is 1. The van der Waals surface area contributed by atoms with E-state index < -0.39 is 11.8 Å². The molecule has 4 aromatic rings. The second-order valence-electron chi connectivity index (χ2n) is 6.84. The molecule has 0 radical (unpaired) electrons. The minimum absolute atomic E-state index is 0.204. The number of aromatic nitrogens is 3. The lowest BCUT2D eigenvalue weighted by Crippen LogP contribution is -2.27. The number of nitrogens with one attached hydrogen (secondary N) is 1. The number of amides is 1. The van der Waals surface area contributed by atoms with E-state index in [1.54, 1.807) is 37.3 Å². The Kier molecular flexibility index (Phi) is 5.42. The predicted octanol–water partition coefficient (Wildman–Crippen LogP) is 3.44. The first-order valence-corrected chi connectivity index (χ1v) is 9.48. The number of hydrogen-bond donors (Lipinski definition) is 1. The summed E-state index contributed by atoms with van der Waals surface area (Å²) in [7, 11) is 0. The van der Waals surface area contributed by atoms with Gasteiger partial charge in [0.2, 0.25) is 17.6 Å². The lowest BCUT2D eigenvalue weighted by molar-refractivity contribution is -0.122. The number of benzene rings is 2. The van der Waals surface area contributed by atoms with Crippen LogP contribution in [0.15, 0.2) is 62.3 Å². The molecule has 1 N–H and O–H groups in total. The number of para-hydroxylation sites is 2. The van der Waals surface area contributed by atoms with Gasteiger partial charge in [-0.15, -0.1) is 0 Å². The van der Waals surface area contributed by atoms with Crippen LogP contribution in [-0.4, -0.2) is 20.6 Å². The van der Waals surface area contributed by atoms with Gasteiger partial charge < -0.3 is 14.3 Å². The van der Waals surface area contributed by atoms with Crippen molar-refractivity contribution in [2.24, 2.45) is 0 Å². The van der Waals surface area contributed by atoms with E-state index in [1.807, 2.05) is 6.07 Å². The summed E-state index contributed by atoms with van der Waals surface area (Å²) in [6.07, 6.45) is 0.682. The quantitative estimate of drug-likeness (QED) is 0.501. The highest BCUT2D eigenvalue weighted by molar-refractivity contribution is 5.76. The van der Waals surface area contributed by atoms with E-state index in [9.17, 15) is 14.0 Å². The highest BCUT2D eigenvalue weighted by Gasteiger charge is 2.17. The number of hydrogen-bond acceptors (Lipinski definition) is 6. The van der Waals surface area contributed by atoms with Gasteiger partial charge in [-0.2, -0.15) is 4.98 Å². The molecule has 0 aliphatic carbocycles. The van der Waals surface area contributed by atoms with Crippen molar-refractivity contribution in [2.45, 2.75) is 32.4 Å². The smallest absolute Gasteiger partial charge is 0.408 e. The molecule has 0 saturated carbocycles. The third kappa shape index (κ3) is 4.14. The van der Waals surface area contributed by atoms with Crippen LogP contribution in [0.2, 0.25) is 0 Å². The fraction of sp³-hybridized carbons (Fsp3) is 0.238. The largest absolute Gasteiger partial charge is 0.419 e. The summed E-state index contributed by atoms with van der Waals surface area (Å²) in [6.45, 7) is 2.10. The van der Waals surface area contributed by atoms with Crippen molar-refractivity contribution in [3.63, 3.8) is 0 Å². The van der Waals surface area contributed by atoms with E-state index in [-0.39, 0.29) is 24.0 Å². The van der Waals surface area contributed by atoms with E-state index in [0.717, 1.165) is 0 Å². The number of rotatable bonds is 7. The average molecular weight is 410 g/mol. The van der Waals surface area contributed by atoms with Gasteiger partial charge in [0.05, 0.1) is 5.52 Å². The van der Waals surface area contributed by atoms with Crippen LogP contribution in [-0.2, 0) is 11.3 Å². The topological polar surface area (TPSA) is 103 Å². The molecule has 2 heterocycles. The molecule has 0 aliphatic rings. The molecule has 8 nitrogen and oxygen atoms in total. The van der Waals surface area contributed by atoms with Crippen LogP contribution in [0.5, 0.6) is 0 Å². The molecule has 4 rings (SSSR count). The fourth-order valence-electron chi connectivity index (χ4n) is 3.13. The summed E-state index contributed by atoms with van der Waals surface area (Å²) < 4.78 is 24.9. The van der Waals surface area contributed by atoms with Crippen LogP contribution in [0.1, 0.15) is 31.7 Å². The molecule has 154 valence electrons. The van der Waals surface area contributed by atoms with Gasteiger partial charge >= 0.3 is 5.76 Å². The van der Waals surface area contributed by atoms with Gasteiger partial charge in [-0.1, -0.05) is 17.3 Å². The number of aryl methyl sites for hydroxylation is 1. The van der Waals surface area contributed by atoms with Crippen molar-refractivity contribution in [1.82, 2.24) is 20.0 Å². The highest BCUT2D eigenvalue weighted by Crippen LogP contribution is 2.19. The molecular formula is C21H19FN4O4. The first kappa shape index (κ1) is 19.6. The van der Waals surface area contributed by atoms with Gasteiger partial charge in [-0.3, -0.25) is 9.36 Å². The molecule has 0 saturated heterocycles. The number of oxazole rings is 1. The Balaban J connectivity index is 1.32. The van der Waals surface area contributed by atoms with Crippen molar-refractivity contribution >= 4 is 17.0 Å². The summed E-state index contributed by atoms with van der Waals surface area (Å²) in [6, 6.07) is 12.4. The predicted molar refractivity (Wildman–Crippen MR) is 106 cm³/mol. The van der Waals surface area contributed by atoms with E-state index >= 15 is 0 Å². The zero-order valence-corrected chi connectivity index (χ0v) is 16.2. The van der Waals surface area contributed by atoms with Gasteiger partial charge in [0.1, 0.15) is 11.9 Å². The molecule has 0 spiro atoms. The SMILES string of the molecule is CC(NC(=O)CCCn1c(=O)oc2ccccc21)c1nc(-c2ccc(F)cc2)no1. The molecule has 9 heteroatoms. The number of fused-ring (bicyclic) bond motifs is 1. The number of nitrogens with zero attached hydrogens (tertiary/aromatic N) is 3. The van der Waals surface area contributed by atoms with Gasteiger partial charge in [0.25, 0.3) is 0 Å².